The highest BCUT2D eigenvalue weighted by atomic mass is 16.3. The fourth-order valence-electron chi connectivity index (χ4n) is 3.45. The topological polar surface area (TPSA) is 70.5 Å². The molecule has 140 valence electrons. The van der Waals surface area contributed by atoms with Crippen LogP contribution in [0.15, 0.2) is 54.1 Å². The minimum atomic E-state index is -0.734. The van der Waals surface area contributed by atoms with E-state index in [4.69, 9.17) is 0 Å². The molecule has 0 saturated carbocycles. The second-order valence-electron chi connectivity index (χ2n) is 8.05. The zero-order valence-electron chi connectivity index (χ0n) is 16.3. The van der Waals surface area contributed by atoms with E-state index in [1.165, 1.54) is 4.90 Å². The number of Topliss-reactive ketones (excluding diaryl/α,β-unsaturated/α-hetero) is 1. The van der Waals surface area contributed by atoms with Crippen molar-refractivity contribution in [2.45, 2.75) is 40.7 Å². The maximum Gasteiger partial charge on any atom is 0.294 e. The van der Waals surface area contributed by atoms with Gasteiger partial charge in [-0.25, -0.2) is 0 Å². The van der Waals surface area contributed by atoms with Gasteiger partial charge in [0.2, 0.25) is 0 Å². The summed E-state index contributed by atoms with van der Waals surface area (Å²) in [6, 6.07) is 8.64. The summed E-state index contributed by atoms with van der Waals surface area (Å²) in [6.07, 6.45) is 3.26. The van der Waals surface area contributed by atoms with Crippen LogP contribution in [-0.4, -0.2) is 21.8 Å². The van der Waals surface area contributed by atoms with Gasteiger partial charge in [0.1, 0.15) is 0 Å². The Bertz CT molecular complexity index is 920. The molecule has 0 radical (unpaired) electrons. The van der Waals surface area contributed by atoms with E-state index in [1.54, 1.807) is 39.2 Å². The van der Waals surface area contributed by atoms with Gasteiger partial charge in [0.05, 0.1) is 11.6 Å². The number of amides is 1. The van der Waals surface area contributed by atoms with Gasteiger partial charge in [0, 0.05) is 23.5 Å². The molecule has 5 nitrogen and oxygen atoms in total. The first-order valence-electron chi connectivity index (χ1n) is 8.91. The van der Waals surface area contributed by atoms with Crippen molar-refractivity contribution in [3.63, 3.8) is 0 Å². The molecule has 1 aliphatic rings. The summed E-state index contributed by atoms with van der Waals surface area (Å²) in [5.41, 5.74) is 2.72. The summed E-state index contributed by atoms with van der Waals surface area (Å²) >= 11 is 0. The lowest BCUT2D eigenvalue weighted by Gasteiger charge is -2.29. The van der Waals surface area contributed by atoms with Gasteiger partial charge in [-0.1, -0.05) is 32.9 Å². The Kier molecular flexibility index (Phi) is 4.64. The number of aryl methyl sites for hydroxylation is 2. The number of nitrogens with zero attached hydrogens (tertiary/aromatic N) is 2. The molecule has 0 fully saturated rings. The first-order chi connectivity index (χ1) is 12.6. The average molecular weight is 364 g/mol. The van der Waals surface area contributed by atoms with Crippen LogP contribution in [0.25, 0.3) is 0 Å². The zero-order chi connectivity index (χ0) is 19.9. The molecule has 0 bridgehead atoms. The van der Waals surface area contributed by atoms with E-state index in [-0.39, 0.29) is 11.4 Å². The highest BCUT2D eigenvalue weighted by molar-refractivity contribution is 6.17. The van der Waals surface area contributed by atoms with Gasteiger partial charge in [-0.2, -0.15) is 0 Å². The molecule has 3 rings (SSSR count). The normalized spacial score (nSPS) is 17.6. The van der Waals surface area contributed by atoms with Crippen LogP contribution >= 0.6 is 0 Å². The Morgan fingerprint density at radius 1 is 1.15 bits per heavy atom. The zero-order valence-corrected chi connectivity index (χ0v) is 16.3. The predicted molar refractivity (Wildman–Crippen MR) is 104 cm³/mol. The summed E-state index contributed by atoms with van der Waals surface area (Å²) < 4.78 is 0. The van der Waals surface area contributed by atoms with Gasteiger partial charge in [-0.15, -0.1) is 0 Å². The highest BCUT2D eigenvalue weighted by Gasteiger charge is 2.46. The molecule has 1 atom stereocenters. The monoisotopic (exact) mass is 364 g/mol. The van der Waals surface area contributed by atoms with Gasteiger partial charge >= 0.3 is 0 Å². The van der Waals surface area contributed by atoms with E-state index in [9.17, 15) is 14.7 Å². The van der Waals surface area contributed by atoms with Gasteiger partial charge < -0.3 is 5.11 Å². The van der Waals surface area contributed by atoms with E-state index >= 15 is 0 Å². The molecule has 0 saturated heterocycles. The lowest BCUT2D eigenvalue weighted by atomic mass is 9.82. The maximum atomic E-state index is 13.1. The number of anilines is 1. The quantitative estimate of drug-likeness (QED) is 0.885. The van der Waals surface area contributed by atoms with Crippen LogP contribution in [0.2, 0.25) is 0 Å². The Hall–Kier alpha value is -2.95. The number of carbonyl (C=O) groups excluding carboxylic acids is 2. The largest absolute Gasteiger partial charge is 0.503 e. The molecule has 1 aromatic heterocycles. The summed E-state index contributed by atoms with van der Waals surface area (Å²) in [7, 11) is 0. The molecule has 0 spiro atoms. The number of ketones is 1. The Balaban J connectivity index is 2.23. The average Bonchev–Trinajstić information content (AvgIpc) is 2.85. The van der Waals surface area contributed by atoms with E-state index in [0.29, 0.717) is 11.3 Å². The van der Waals surface area contributed by atoms with Crippen LogP contribution in [0.5, 0.6) is 0 Å². The smallest absolute Gasteiger partial charge is 0.294 e. The third-order valence-corrected chi connectivity index (χ3v) is 4.62. The molecule has 1 aromatic carbocycles. The number of aliphatic hydroxyl groups excluding tert-OH is 1. The van der Waals surface area contributed by atoms with Crippen molar-refractivity contribution < 1.29 is 14.7 Å². The summed E-state index contributed by atoms with van der Waals surface area (Å²) in [5, 5.41) is 10.6. The van der Waals surface area contributed by atoms with Crippen LogP contribution in [0.4, 0.5) is 5.69 Å². The first-order valence-corrected chi connectivity index (χ1v) is 8.91. The number of carbonyl (C=O) groups is 2. The third kappa shape index (κ3) is 3.37. The maximum absolute atomic E-state index is 13.1. The van der Waals surface area contributed by atoms with Crippen molar-refractivity contribution in [3.8, 4) is 0 Å². The minimum absolute atomic E-state index is 0.125. The SMILES string of the molecule is Cc1cc(C)cc(N2C(=O)C(O)=C(C(=O)C(C)(C)C)C2c2cccnc2)c1. The Morgan fingerprint density at radius 3 is 2.30 bits per heavy atom. The number of aromatic nitrogens is 1. The second-order valence-corrected chi connectivity index (χ2v) is 8.05. The van der Waals surface area contributed by atoms with Crippen LogP contribution in [0.1, 0.15) is 43.5 Å². The fraction of sp³-hybridized carbons (Fsp3) is 0.318. The van der Waals surface area contributed by atoms with Crippen LogP contribution in [-0.2, 0) is 9.59 Å². The van der Waals surface area contributed by atoms with Crippen molar-refractivity contribution in [1.82, 2.24) is 4.98 Å². The third-order valence-electron chi connectivity index (χ3n) is 4.62. The lowest BCUT2D eigenvalue weighted by molar-refractivity contribution is -0.123. The van der Waals surface area contributed by atoms with E-state index in [1.807, 2.05) is 38.1 Å². The van der Waals surface area contributed by atoms with Crippen molar-refractivity contribution in [2.24, 2.45) is 5.41 Å². The lowest BCUT2D eigenvalue weighted by Crippen LogP contribution is -2.33. The number of rotatable bonds is 3. The van der Waals surface area contributed by atoms with Crippen molar-refractivity contribution in [3.05, 3.63) is 70.7 Å². The van der Waals surface area contributed by atoms with Crippen LogP contribution in [0, 0.1) is 19.3 Å². The van der Waals surface area contributed by atoms with Gasteiger partial charge in [0.25, 0.3) is 5.91 Å². The molecule has 2 heterocycles. The number of hydrogen-bond acceptors (Lipinski definition) is 4. The Morgan fingerprint density at radius 2 is 1.78 bits per heavy atom. The molecule has 1 aliphatic heterocycles. The van der Waals surface area contributed by atoms with Gasteiger partial charge in [-0.3, -0.25) is 19.5 Å². The first kappa shape index (κ1) is 18.8. The van der Waals surface area contributed by atoms with E-state index in [2.05, 4.69) is 4.98 Å². The number of benzene rings is 1. The molecule has 5 heteroatoms. The fourth-order valence-corrected chi connectivity index (χ4v) is 3.45. The summed E-state index contributed by atoms with van der Waals surface area (Å²) in [6.45, 7) is 9.23. The molecule has 1 amide bonds. The molecule has 0 aliphatic carbocycles. The second kappa shape index (κ2) is 6.65. The van der Waals surface area contributed by atoms with E-state index < -0.39 is 23.1 Å². The highest BCUT2D eigenvalue weighted by Crippen LogP contribution is 2.43. The molecule has 1 N–H and O–H groups in total. The number of aliphatic hydroxyl groups is 1. The number of hydrogen-bond donors (Lipinski definition) is 1. The standard InChI is InChI=1S/C22H24N2O3/c1-13-9-14(2)11-16(10-13)24-18(15-7-6-8-23-12-15)17(19(25)21(24)27)20(26)22(3,4)5/h6-12,18,25H,1-5H3. The predicted octanol–water partition coefficient (Wildman–Crippen LogP) is 4.21. The van der Waals surface area contributed by atoms with Crippen molar-refractivity contribution in [2.75, 3.05) is 4.90 Å². The minimum Gasteiger partial charge on any atom is -0.503 e. The van der Waals surface area contributed by atoms with Crippen LogP contribution < -0.4 is 4.90 Å². The molecule has 2 aromatic rings. The summed E-state index contributed by atoms with van der Waals surface area (Å²) in [4.78, 5) is 31.7. The molecular formula is C22H24N2O3. The van der Waals surface area contributed by atoms with Crippen molar-refractivity contribution >= 4 is 17.4 Å². The Labute approximate surface area is 159 Å². The summed E-state index contributed by atoms with van der Waals surface area (Å²) in [5.74, 6) is -1.31. The molecule has 27 heavy (non-hydrogen) atoms. The molecule has 1 unspecified atom stereocenters. The van der Waals surface area contributed by atoms with Crippen molar-refractivity contribution in [1.29, 1.82) is 0 Å². The number of pyridine rings is 1. The molecular weight excluding hydrogens is 340 g/mol. The van der Waals surface area contributed by atoms with E-state index in [0.717, 1.165) is 11.1 Å². The van der Waals surface area contributed by atoms with Gasteiger partial charge in [-0.05, 0) is 48.7 Å². The van der Waals surface area contributed by atoms with Crippen LogP contribution in [0.3, 0.4) is 0 Å². The van der Waals surface area contributed by atoms with Gasteiger partial charge in [0.15, 0.2) is 11.5 Å².